The monoisotopic (exact) mass is 348 g/mol. The molecule has 0 heterocycles. The van der Waals surface area contributed by atoms with E-state index in [0.717, 1.165) is 24.0 Å². The van der Waals surface area contributed by atoms with E-state index in [-0.39, 0.29) is 4.90 Å². The molecular weight excluding hydrogens is 324 g/mol. The van der Waals surface area contributed by atoms with Gasteiger partial charge in [-0.15, -0.1) is 0 Å². The molecule has 0 aliphatic rings. The molecule has 0 aliphatic heterocycles. The quantitative estimate of drug-likeness (QED) is 0.672. The first kappa shape index (κ1) is 18.5. The highest BCUT2D eigenvalue weighted by Crippen LogP contribution is 2.23. The van der Waals surface area contributed by atoms with Crippen molar-refractivity contribution in [1.82, 2.24) is 0 Å². The molecule has 0 saturated carbocycles. The lowest BCUT2D eigenvalue weighted by atomic mass is 9.99. The molecule has 2 rings (SSSR count). The van der Waals surface area contributed by atoms with Gasteiger partial charge in [-0.05, 0) is 54.2 Å². The Morgan fingerprint density at radius 1 is 1.00 bits per heavy atom. The summed E-state index contributed by atoms with van der Waals surface area (Å²) >= 11 is 0. The van der Waals surface area contributed by atoms with E-state index in [4.69, 9.17) is 8.92 Å². The van der Waals surface area contributed by atoms with Crippen molar-refractivity contribution in [1.29, 1.82) is 0 Å². The van der Waals surface area contributed by atoms with Gasteiger partial charge in [-0.1, -0.05) is 38.1 Å². The van der Waals surface area contributed by atoms with Crippen LogP contribution in [0.1, 0.15) is 37.3 Å². The van der Waals surface area contributed by atoms with Gasteiger partial charge in [0, 0.05) is 7.11 Å². The lowest BCUT2D eigenvalue weighted by Gasteiger charge is -2.11. The summed E-state index contributed by atoms with van der Waals surface area (Å²) in [6.07, 6.45) is 1.79. The summed E-state index contributed by atoms with van der Waals surface area (Å²) in [7, 11) is -2.17. The number of methoxy groups -OCH3 is 1. The number of hydrogen-bond acceptors (Lipinski definition) is 4. The molecule has 0 saturated heterocycles. The van der Waals surface area contributed by atoms with Crippen molar-refractivity contribution in [3.05, 3.63) is 59.7 Å². The van der Waals surface area contributed by atoms with Gasteiger partial charge in [-0.2, -0.15) is 8.42 Å². The Labute approximate surface area is 144 Å². The summed E-state index contributed by atoms with van der Waals surface area (Å²) < 4.78 is 35.0. The summed E-state index contributed by atoms with van der Waals surface area (Å²) in [6.45, 7) is 4.85. The van der Waals surface area contributed by atoms with Crippen molar-refractivity contribution in [3.63, 3.8) is 0 Å². The third kappa shape index (κ3) is 4.82. The second-order valence-corrected chi connectivity index (χ2v) is 7.35. The van der Waals surface area contributed by atoms with E-state index < -0.39 is 10.1 Å². The van der Waals surface area contributed by atoms with Crippen LogP contribution >= 0.6 is 0 Å². The van der Waals surface area contributed by atoms with Gasteiger partial charge in [0.05, 0.1) is 6.61 Å². The highest BCUT2D eigenvalue weighted by atomic mass is 32.2. The molecule has 24 heavy (non-hydrogen) atoms. The van der Waals surface area contributed by atoms with Crippen LogP contribution in [0, 0.1) is 0 Å². The van der Waals surface area contributed by atoms with Crippen LogP contribution in [0.5, 0.6) is 5.75 Å². The maximum atomic E-state index is 12.4. The van der Waals surface area contributed by atoms with Crippen LogP contribution in [-0.2, 0) is 21.3 Å². The molecule has 0 aromatic heterocycles. The molecule has 2 aromatic rings. The molecule has 4 nitrogen and oxygen atoms in total. The SMILES string of the molecule is CCC(C)c1ccc(S(=O)(=O)Oc2ccc(CCOC)cc2)cc1. The minimum absolute atomic E-state index is 0.165. The molecule has 1 unspecified atom stereocenters. The molecule has 0 spiro atoms. The van der Waals surface area contributed by atoms with E-state index in [1.54, 1.807) is 31.4 Å². The first-order chi connectivity index (χ1) is 11.5. The smallest absolute Gasteiger partial charge is 0.339 e. The second-order valence-electron chi connectivity index (χ2n) is 5.80. The Hall–Kier alpha value is -1.85. The molecule has 0 aliphatic carbocycles. The van der Waals surface area contributed by atoms with Crippen LogP contribution in [0.4, 0.5) is 0 Å². The molecule has 0 amide bonds. The van der Waals surface area contributed by atoms with Gasteiger partial charge in [0.1, 0.15) is 10.6 Å². The van der Waals surface area contributed by atoms with Crippen molar-refractivity contribution in [2.75, 3.05) is 13.7 Å². The largest absolute Gasteiger partial charge is 0.384 e. The van der Waals surface area contributed by atoms with Crippen LogP contribution in [0.15, 0.2) is 53.4 Å². The average molecular weight is 348 g/mol. The molecule has 5 heteroatoms. The zero-order valence-electron chi connectivity index (χ0n) is 14.4. The minimum atomic E-state index is -3.82. The standard InChI is InChI=1S/C19H24O4S/c1-4-15(2)17-7-11-19(12-8-17)24(20,21)23-18-9-5-16(6-10-18)13-14-22-3/h5-12,15H,4,13-14H2,1-3H3. The third-order valence-corrected chi connectivity index (χ3v) is 5.34. The summed E-state index contributed by atoms with van der Waals surface area (Å²) in [5.41, 5.74) is 2.19. The van der Waals surface area contributed by atoms with Crippen molar-refractivity contribution in [2.24, 2.45) is 0 Å². The van der Waals surface area contributed by atoms with Crippen LogP contribution in [0.3, 0.4) is 0 Å². The van der Waals surface area contributed by atoms with Crippen molar-refractivity contribution >= 4 is 10.1 Å². The predicted molar refractivity (Wildman–Crippen MR) is 95.0 cm³/mol. The second kappa shape index (κ2) is 8.31. The van der Waals surface area contributed by atoms with Gasteiger partial charge >= 0.3 is 10.1 Å². The molecule has 0 fully saturated rings. The number of rotatable bonds is 8. The molecular formula is C19H24O4S. The van der Waals surface area contributed by atoms with Crippen LogP contribution in [-0.4, -0.2) is 22.1 Å². The normalized spacial score (nSPS) is 12.8. The average Bonchev–Trinajstić information content (AvgIpc) is 2.60. The maximum absolute atomic E-state index is 12.4. The first-order valence-electron chi connectivity index (χ1n) is 8.08. The number of hydrogen-bond donors (Lipinski definition) is 0. The van der Waals surface area contributed by atoms with Gasteiger partial charge in [0.2, 0.25) is 0 Å². The fourth-order valence-corrected chi connectivity index (χ4v) is 3.24. The summed E-state index contributed by atoms with van der Waals surface area (Å²) in [6, 6.07) is 13.9. The van der Waals surface area contributed by atoms with Gasteiger partial charge in [-0.3, -0.25) is 0 Å². The van der Waals surface area contributed by atoms with E-state index in [9.17, 15) is 8.42 Å². The lowest BCUT2D eigenvalue weighted by molar-refractivity contribution is 0.202. The molecule has 0 bridgehead atoms. The Kier molecular flexibility index (Phi) is 6.40. The summed E-state index contributed by atoms with van der Waals surface area (Å²) in [5.74, 6) is 0.712. The number of benzene rings is 2. The fourth-order valence-electron chi connectivity index (χ4n) is 2.31. The molecule has 130 valence electrons. The van der Waals surface area contributed by atoms with Gasteiger partial charge in [0.25, 0.3) is 0 Å². The lowest BCUT2D eigenvalue weighted by Crippen LogP contribution is -2.10. The summed E-state index contributed by atoms with van der Waals surface area (Å²) in [4.78, 5) is 0.165. The van der Waals surface area contributed by atoms with Crippen LogP contribution in [0.25, 0.3) is 0 Å². The summed E-state index contributed by atoms with van der Waals surface area (Å²) in [5, 5.41) is 0. The van der Waals surface area contributed by atoms with Gasteiger partial charge in [0.15, 0.2) is 0 Å². The van der Waals surface area contributed by atoms with E-state index >= 15 is 0 Å². The van der Waals surface area contributed by atoms with Gasteiger partial charge in [-0.25, -0.2) is 0 Å². The third-order valence-electron chi connectivity index (χ3n) is 4.07. The van der Waals surface area contributed by atoms with E-state index in [1.807, 2.05) is 24.3 Å². The molecule has 0 N–H and O–H groups in total. The maximum Gasteiger partial charge on any atom is 0.339 e. The Morgan fingerprint density at radius 3 is 2.17 bits per heavy atom. The van der Waals surface area contributed by atoms with Gasteiger partial charge < -0.3 is 8.92 Å². The Balaban J connectivity index is 2.10. The molecule has 2 aromatic carbocycles. The van der Waals surface area contributed by atoms with Crippen LogP contribution in [0.2, 0.25) is 0 Å². The Bertz CT molecular complexity index is 734. The van der Waals surface area contributed by atoms with E-state index in [2.05, 4.69) is 13.8 Å². The van der Waals surface area contributed by atoms with Crippen LogP contribution < -0.4 is 4.18 Å². The van der Waals surface area contributed by atoms with Crippen molar-refractivity contribution in [2.45, 2.75) is 37.5 Å². The molecule has 1 atom stereocenters. The highest BCUT2D eigenvalue weighted by molar-refractivity contribution is 7.87. The zero-order chi connectivity index (χ0) is 17.6. The predicted octanol–water partition coefficient (Wildman–Crippen LogP) is 4.16. The van der Waals surface area contributed by atoms with E-state index in [1.165, 1.54) is 0 Å². The topological polar surface area (TPSA) is 52.6 Å². The Morgan fingerprint density at radius 2 is 1.62 bits per heavy atom. The number of ether oxygens (including phenoxy) is 1. The van der Waals surface area contributed by atoms with Crippen molar-refractivity contribution < 1.29 is 17.3 Å². The highest BCUT2D eigenvalue weighted by Gasteiger charge is 2.17. The minimum Gasteiger partial charge on any atom is -0.384 e. The van der Waals surface area contributed by atoms with Crippen molar-refractivity contribution in [3.8, 4) is 5.75 Å². The zero-order valence-corrected chi connectivity index (χ0v) is 15.2. The fraction of sp³-hybridized carbons (Fsp3) is 0.368. The molecule has 0 radical (unpaired) electrons. The first-order valence-corrected chi connectivity index (χ1v) is 9.49. The van der Waals surface area contributed by atoms with E-state index in [0.29, 0.717) is 18.3 Å².